The lowest BCUT2D eigenvalue weighted by molar-refractivity contribution is -0.134. The molecule has 1 aromatic heterocycles. The zero-order chi connectivity index (χ0) is 13.1. The van der Waals surface area contributed by atoms with Crippen LogP contribution in [0.3, 0.4) is 0 Å². The molecule has 18 heavy (non-hydrogen) atoms. The first-order valence-electron chi connectivity index (χ1n) is 5.69. The molecule has 1 unspecified atom stereocenters. The highest BCUT2D eigenvalue weighted by Crippen LogP contribution is 2.01. The molecule has 1 fully saturated rings. The van der Waals surface area contributed by atoms with Gasteiger partial charge in [-0.3, -0.25) is 20.0 Å². The number of nitrogens with zero attached hydrogens (tertiary/aromatic N) is 3. The van der Waals surface area contributed by atoms with Gasteiger partial charge in [0.25, 0.3) is 0 Å². The molecular formula is C10H16N6O2. The van der Waals surface area contributed by atoms with E-state index >= 15 is 0 Å². The standard InChI is InChI=1S/C10H16N6O2/c1-6-13-8(15-14-6)5-16(2)10(18)7-3-12-9(17)4-11-7/h7,11H,3-5H2,1-2H3,(H,12,17)(H,13,14,15). The molecule has 0 spiro atoms. The fraction of sp³-hybridized carbons (Fsp3) is 0.600. The van der Waals surface area contributed by atoms with E-state index in [2.05, 4.69) is 25.8 Å². The van der Waals surface area contributed by atoms with Crippen LogP contribution in [0.1, 0.15) is 11.6 Å². The Kier molecular flexibility index (Phi) is 3.56. The van der Waals surface area contributed by atoms with E-state index in [1.165, 1.54) is 4.90 Å². The smallest absolute Gasteiger partial charge is 0.241 e. The maximum absolute atomic E-state index is 12.1. The summed E-state index contributed by atoms with van der Waals surface area (Å²) in [4.78, 5) is 28.7. The molecule has 98 valence electrons. The molecule has 3 N–H and O–H groups in total. The Morgan fingerprint density at radius 3 is 2.89 bits per heavy atom. The second-order valence-electron chi connectivity index (χ2n) is 4.27. The summed E-state index contributed by atoms with van der Waals surface area (Å²) >= 11 is 0. The van der Waals surface area contributed by atoms with Crippen LogP contribution >= 0.6 is 0 Å². The fourth-order valence-electron chi connectivity index (χ4n) is 1.76. The molecule has 0 aromatic carbocycles. The predicted molar refractivity (Wildman–Crippen MR) is 62.4 cm³/mol. The van der Waals surface area contributed by atoms with Crippen molar-refractivity contribution < 1.29 is 9.59 Å². The Bertz CT molecular complexity index is 447. The Balaban J connectivity index is 1.90. The quantitative estimate of drug-likeness (QED) is 0.586. The maximum Gasteiger partial charge on any atom is 0.241 e. The van der Waals surface area contributed by atoms with E-state index in [9.17, 15) is 9.59 Å². The first kappa shape index (κ1) is 12.5. The van der Waals surface area contributed by atoms with Crippen LogP contribution in [0.2, 0.25) is 0 Å². The minimum Gasteiger partial charge on any atom is -0.353 e. The van der Waals surface area contributed by atoms with Crippen molar-refractivity contribution in [3.8, 4) is 0 Å². The Hall–Kier alpha value is -1.96. The van der Waals surface area contributed by atoms with Gasteiger partial charge in [-0.15, -0.1) is 0 Å². The molecule has 8 nitrogen and oxygen atoms in total. The Morgan fingerprint density at radius 1 is 1.56 bits per heavy atom. The third-order valence-electron chi connectivity index (χ3n) is 2.71. The zero-order valence-corrected chi connectivity index (χ0v) is 10.4. The normalized spacial score (nSPS) is 19.4. The van der Waals surface area contributed by atoms with Crippen LogP contribution in [0.4, 0.5) is 0 Å². The summed E-state index contributed by atoms with van der Waals surface area (Å²) in [6, 6.07) is -0.382. The summed E-state index contributed by atoms with van der Waals surface area (Å²) in [5, 5.41) is 12.2. The third kappa shape index (κ3) is 2.83. The van der Waals surface area contributed by atoms with Gasteiger partial charge in [0.2, 0.25) is 11.8 Å². The molecule has 8 heteroatoms. The number of likely N-dealkylation sites (N-methyl/N-ethyl adjacent to an activating group) is 1. The number of aryl methyl sites for hydroxylation is 1. The number of aromatic amines is 1. The number of piperazine rings is 1. The van der Waals surface area contributed by atoms with Gasteiger partial charge >= 0.3 is 0 Å². The van der Waals surface area contributed by atoms with Gasteiger partial charge in [-0.1, -0.05) is 0 Å². The SMILES string of the molecule is Cc1nc(CN(C)C(=O)C2CNC(=O)CN2)n[nH]1. The van der Waals surface area contributed by atoms with Gasteiger partial charge in [0, 0.05) is 13.6 Å². The van der Waals surface area contributed by atoms with E-state index in [0.29, 0.717) is 24.7 Å². The van der Waals surface area contributed by atoms with E-state index in [1.807, 2.05) is 0 Å². The summed E-state index contributed by atoms with van der Waals surface area (Å²) in [5.74, 6) is 1.11. The fourth-order valence-corrected chi connectivity index (χ4v) is 1.76. The molecule has 1 atom stereocenters. The second-order valence-corrected chi connectivity index (χ2v) is 4.27. The number of carbonyl (C=O) groups is 2. The predicted octanol–water partition coefficient (Wildman–Crippen LogP) is -1.84. The molecule has 1 aliphatic rings. The monoisotopic (exact) mass is 252 g/mol. The summed E-state index contributed by atoms with van der Waals surface area (Å²) < 4.78 is 0. The number of nitrogens with one attached hydrogen (secondary N) is 3. The summed E-state index contributed by atoms with van der Waals surface area (Å²) in [6.45, 7) is 2.63. The average molecular weight is 252 g/mol. The topological polar surface area (TPSA) is 103 Å². The zero-order valence-electron chi connectivity index (χ0n) is 10.4. The summed E-state index contributed by atoms with van der Waals surface area (Å²) in [5.41, 5.74) is 0. The lowest BCUT2D eigenvalue weighted by Crippen LogP contribution is -2.58. The molecule has 2 rings (SSSR count). The van der Waals surface area contributed by atoms with E-state index in [4.69, 9.17) is 0 Å². The minimum absolute atomic E-state index is 0.0857. The van der Waals surface area contributed by atoms with Crippen molar-refractivity contribution in [2.75, 3.05) is 20.1 Å². The number of aromatic nitrogens is 3. The van der Waals surface area contributed by atoms with Crippen LogP contribution in [0.15, 0.2) is 0 Å². The molecule has 1 saturated heterocycles. The number of carbonyl (C=O) groups excluding carboxylic acids is 2. The van der Waals surface area contributed by atoms with Gasteiger partial charge in [-0.05, 0) is 6.92 Å². The number of H-pyrrole nitrogens is 1. The van der Waals surface area contributed by atoms with Gasteiger partial charge in [-0.25, -0.2) is 4.98 Å². The second kappa shape index (κ2) is 5.13. The van der Waals surface area contributed by atoms with Crippen LogP contribution in [0, 0.1) is 6.92 Å². The lowest BCUT2D eigenvalue weighted by atomic mass is 10.2. The molecule has 0 radical (unpaired) electrons. The highest BCUT2D eigenvalue weighted by Gasteiger charge is 2.26. The minimum atomic E-state index is -0.382. The molecule has 2 amide bonds. The first-order chi connectivity index (χ1) is 8.56. The molecule has 0 saturated carbocycles. The van der Waals surface area contributed by atoms with Crippen LogP contribution in [0.25, 0.3) is 0 Å². The van der Waals surface area contributed by atoms with Crippen LogP contribution < -0.4 is 10.6 Å². The van der Waals surface area contributed by atoms with Gasteiger partial charge in [0.05, 0.1) is 13.1 Å². The van der Waals surface area contributed by atoms with Crippen molar-refractivity contribution in [1.29, 1.82) is 0 Å². The van der Waals surface area contributed by atoms with Gasteiger partial charge < -0.3 is 10.2 Å². The van der Waals surface area contributed by atoms with Crippen molar-refractivity contribution in [1.82, 2.24) is 30.7 Å². The highest BCUT2D eigenvalue weighted by atomic mass is 16.2. The molecular weight excluding hydrogens is 236 g/mol. The molecule has 2 heterocycles. The summed E-state index contributed by atoms with van der Waals surface area (Å²) in [7, 11) is 1.69. The largest absolute Gasteiger partial charge is 0.353 e. The highest BCUT2D eigenvalue weighted by molar-refractivity contribution is 5.86. The number of hydrogen-bond acceptors (Lipinski definition) is 5. The van der Waals surface area contributed by atoms with Crippen molar-refractivity contribution in [2.24, 2.45) is 0 Å². The molecule has 0 aliphatic carbocycles. The van der Waals surface area contributed by atoms with Gasteiger partial charge in [0.1, 0.15) is 11.9 Å². The molecule has 1 aliphatic heterocycles. The van der Waals surface area contributed by atoms with Gasteiger partial charge in [0.15, 0.2) is 5.82 Å². The average Bonchev–Trinajstić information content (AvgIpc) is 2.75. The van der Waals surface area contributed by atoms with Crippen LogP contribution in [-0.4, -0.2) is 58.1 Å². The lowest BCUT2D eigenvalue weighted by Gasteiger charge is -2.27. The Morgan fingerprint density at radius 2 is 2.33 bits per heavy atom. The molecule has 0 bridgehead atoms. The van der Waals surface area contributed by atoms with E-state index in [0.717, 1.165) is 0 Å². The van der Waals surface area contributed by atoms with Crippen molar-refractivity contribution in [2.45, 2.75) is 19.5 Å². The van der Waals surface area contributed by atoms with E-state index in [-0.39, 0.29) is 24.4 Å². The van der Waals surface area contributed by atoms with Crippen molar-refractivity contribution in [3.05, 3.63) is 11.6 Å². The Labute approximate surface area is 104 Å². The van der Waals surface area contributed by atoms with Crippen LogP contribution in [0.5, 0.6) is 0 Å². The van der Waals surface area contributed by atoms with Gasteiger partial charge in [-0.2, -0.15) is 5.10 Å². The van der Waals surface area contributed by atoms with Crippen molar-refractivity contribution >= 4 is 11.8 Å². The number of hydrogen-bond donors (Lipinski definition) is 3. The number of rotatable bonds is 3. The van der Waals surface area contributed by atoms with E-state index < -0.39 is 0 Å². The van der Waals surface area contributed by atoms with Crippen molar-refractivity contribution in [3.63, 3.8) is 0 Å². The summed E-state index contributed by atoms with van der Waals surface area (Å²) in [6.07, 6.45) is 0. The first-order valence-corrected chi connectivity index (χ1v) is 5.69. The van der Waals surface area contributed by atoms with E-state index in [1.54, 1.807) is 14.0 Å². The molecule has 1 aromatic rings. The van der Waals surface area contributed by atoms with Crippen LogP contribution in [-0.2, 0) is 16.1 Å². The number of amides is 2. The maximum atomic E-state index is 12.1. The third-order valence-corrected chi connectivity index (χ3v) is 2.71.